The average Bonchev–Trinajstić information content (AvgIpc) is 0.798. The first kappa shape index (κ1) is 103. The molecule has 2 aliphatic rings. The van der Waals surface area contributed by atoms with Gasteiger partial charge in [-0.25, -0.2) is 9.59 Å². The Labute approximate surface area is 695 Å². The molecule has 3 rings (SSSR count). The van der Waals surface area contributed by atoms with E-state index in [9.17, 15) is 59.1 Å². The Morgan fingerprint density at radius 3 is 1.39 bits per heavy atom. The fourth-order valence-electron chi connectivity index (χ4n) is 12.2. The molecule has 1 aromatic rings. The number of ether oxygens (including phenoxy) is 8. The van der Waals surface area contributed by atoms with E-state index in [1.807, 2.05) is 30.4 Å². The molecule has 0 saturated carbocycles. The van der Waals surface area contributed by atoms with Crippen molar-refractivity contribution in [1.29, 1.82) is 0 Å². The highest BCUT2D eigenvalue weighted by Crippen LogP contribution is 2.28. The van der Waals surface area contributed by atoms with Crippen LogP contribution in [-0.4, -0.2) is 207 Å². The number of amides is 6. The van der Waals surface area contributed by atoms with Crippen molar-refractivity contribution in [2.24, 2.45) is 0 Å². The smallest absolute Gasteiger partial charge is 0.408 e. The quantitative estimate of drug-likeness (QED) is 0.0164. The van der Waals surface area contributed by atoms with Gasteiger partial charge in [0.1, 0.15) is 73.2 Å². The molecule has 2 heterocycles. The predicted molar refractivity (Wildman–Crippen MR) is 456 cm³/mol. The standard InChI is InChI=1S/C91H140N6O20/c1-7-11-14-17-19-21-23-25-27-29-31-33-35-37-39-41-43-45-48-56-77(98)92-65-66-113-71-61-59-70(60-62-71)67-74(96-79(100)58-49-46-44-42-40-38-36-34-32-30-28-26-24-22-20-18-15-12-8-2)87(107)94-64-52-50-54-72(95-78(99)57-47-16-13-9-3)86(106)93-63-53-51-55-73(88(108)112-10-4)97-91(109)117-85-81(102)75(68-110-5)116-90(84(85)105)114-69-76-80(101)82(103)83(104)89(111-6)115-76/h11-12,14-15,19-22,25-28,31-34,37-40,43-46,59-62,72-76,80-85,89-90,101-105H,7-10,13,16-18,23-24,29-30,35-36,41-42,47-58,63-69H2,1-6H3,(H,92,98)(H,93,106)(H,94,107)(H,95,99)(H,96,100)(H,97,109)/b14-11-,15-12-,21-19-,22-20-,27-25-,28-26-,33-31-,34-32-,39-37-,40-38-,45-43-,46-44-/t72-,73-,74-,75?,76?,80+,81+,82-,83?,84?,85-,89-,90+/m0/s1. The number of rotatable bonds is 63. The molecule has 2 aliphatic heterocycles. The number of carbonyl (C=O) groups excluding carboxylic acids is 7. The van der Waals surface area contributed by atoms with E-state index in [0.717, 1.165) is 95.5 Å². The number of alkyl carbamates (subject to hydrolysis) is 1. The van der Waals surface area contributed by atoms with Crippen LogP contribution >= 0.6 is 0 Å². The van der Waals surface area contributed by atoms with Gasteiger partial charge in [0.25, 0.3) is 0 Å². The van der Waals surface area contributed by atoms with Gasteiger partial charge in [-0.1, -0.05) is 198 Å². The molecule has 0 aliphatic carbocycles. The molecule has 0 radical (unpaired) electrons. The summed E-state index contributed by atoms with van der Waals surface area (Å²) in [5, 5.41) is 70.7. The third-order valence-electron chi connectivity index (χ3n) is 18.7. The summed E-state index contributed by atoms with van der Waals surface area (Å²) in [6, 6.07) is 4.09. The molecular formula is C91H140N6O20. The molecule has 26 heteroatoms. The lowest BCUT2D eigenvalue weighted by Gasteiger charge is -2.43. The lowest BCUT2D eigenvalue weighted by Crippen LogP contribution is -2.63. The second-order valence-electron chi connectivity index (χ2n) is 28.5. The second kappa shape index (κ2) is 67.5. The highest BCUT2D eigenvalue weighted by molar-refractivity contribution is 5.88. The summed E-state index contributed by atoms with van der Waals surface area (Å²) in [6.45, 7) is 7.98. The molecule has 26 nitrogen and oxygen atoms in total. The van der Waals surface area contributed by atoms with Gasteiger partial charge in [0.2, 0.25) is 29.5 Å². The van der Waals surface area contributed by atoms with Crippen LogP contribution in [0.2, 0.25) is 0 Å². The molecule has 2 fully saturated rings. The van der Waals surface area contributed by atoms with E-state index in [1.165, 1.54) is 14.2 Å². The monoisotopic (exact) mass is 1640 g/mol. The van der Waals surface area contributed by atoms with Crippen LogP contribution in [0.4, 0.5) is 4.79 Å². The molecule has 11 N–H and O–H groups in total. The third-order valence-corrected chi connectivity index (χ3v) is 18.7. The number of esters is 1. The number of benzene rings is 1. The summed E-state index contributed by atoms with van der Waals surface area (Å²) in [7, 11) is 2.54. The maximum Gasteiger partial charge on any atom is 0.408 e. The Bertz CT molecular complexity index is 3270. The van der Waals surface area contributed by atoms with Crippen molar-refractivity contribution in [2.45, 2.75) is 287 Å². The maximum atomic E-state index is 14.1. The van der Waals surface area contributed by atoms with Crippen molar-refractivity contribution < 1.29 is 97.0 Å². The first-order valence-electron chi connectivity index (χ1n) is 42.3. The maximum absolute atomic E-state index is 14.1. The molecule has 1 aromatic carbocycles. The largest absolute Gasteiger partial charge is 0.492 e. The van der Waals surface area contributed by atoms with Crippen molar-refractivity contribution in [1.82, 2.24) is 31.9 Å². The zero-order valence-corrected chi connectivity index (χ0v) is 70.3. The van der Waals surface area contributed by atoms with E-state index in [2.05, 4.69) is 180 Å². The summed E-state index contributed by atoms with van der Waals surface area (Å²) in [5.74, 6) is -1.72. The highest BCUT2D eigenvalue weighted by Gasteiger charge is 2.50. The van der Waals surface area contributed by atoms with Crippen LogP contribution in [-0.2, 0) is 68.3 Å². The van der Waals surface area contributed by atoms with E-state index < -0.39 is 110 Å². The van der Waals surface area contributed by atoms with Gasteiger partial charge < -0.3 is 95.3 Å². The molecule has 13 atom stereocenters. The van der Waals surface area contributed by atoms with Crippen molar-refractivity contribution in [3.63, 3.8) is 0 Å². The lowest BCUT2D eigenvalue weighted by atomic mass is 9.98. The minimum Gasteiger partial charge on any atom is -0.492 e. The summed E-state index contributed by atoms with van der Waals surface area (Å²) >= 11 is 0. The minimum absolute atomic E-state index is 0.00457. The van der Waals surface area contributed by atoms with Gasteiger partial charge in [0.05, 0.1) is 26.4 Å². The number of aliphatic hydroxyl groups excluding tert-OH is 5. The van der Waals surface area contributed by atoms with Crippen molar-refractivity contribution in [3.8, 4) is 5.75 Å². The number of aliphatic hydroxyl groups is 5. The Morgan fingerprint density at radius 1 is 0.436 bits per heavy atom. The minimum atomic E-state index is -1.86. The predicted octanol–water partition coefficient (Wildman–Crippen LogP) is 11.8. The second-order valence-corrected chi connectivity index (χ2v) is 28.5. The Morgan fingerprint density at radius 2 is 0.897 bits per heavy atom. The summed E-state index contributed by atoms with van der Waals surface area (Å²) in [4.78, 5) is 94.1. The van der Waals surface area contributed by atoms with Gasteiger partial charge in [0.15, 0.2) is 18.7 Å². The fourth-order valence-corrected chi connectivity index (χ4v) is 12.2. The van der Waals surface area contributed by atoms with Crippen LogP contribution in [0.25, 0.3) is 0 Å². The first-order valence-corrected chi connectivity index (χ1v) is 42.3. The van der Waals surface area contributed by atoms with Crippen molar-refractivity contribution >= 4 is 41.6 Å². The number of allylic oxidation sites excluding steroid dienone is 24. The van der Waals surface area contributed by atoms with Crippen molar-refractivity contribution in [2.75, 3.05) is 60.3 Å². The molecular weight excluding hydrogens is 1500 g/mol. The average molecular weight is 1640 g/mol. The summed E-state index contributed by atoms with van der Waals surface area (Å²) in [5.41, 5.74) is 0.769. The number of unbranched alkanes of at least 4 members (excludes halogenated alkanes) is 5. The van der Waals surface area contributed by atoms with Crippen LogP contribution in [0.5, 0.6) is 5.75 Å². The van der Waals surface area contributed by atoms with Crippen LogP contribution in [0.3, 0.4) is 0 Å². The van der Waals surface area contributed by atoms with E-state index in [-0.39, 0.29) is 89.2 Å². The fraction of sp³-hybridized carbons (Fsp3) is 0.593. The molecule has 4 unspecified atom stereocenters. The van der Waals surface area contributed by atoms with Crippen molar-refractivity contribution in [3.05, 3.63) is 176 Å². The number of hydrogen-bond acceptors (Lipinski definition) is 20. The SMILES string of the molecule is CC/C=C\C/C=C\C/C=C\C/C=C\C/C=C\C/C=C\CCC(=O)NCCOc1ccc(C[C@H](NC(=O)CC/C=C\C/C=C\C/C=C\C/C=C\C/C=C\C/C=C\CC)C(=O)NCCCC[C@H](NC(=O)CCCCCC)C(=O)NCCCC[C@H](NC(=O)O[C@@H]2C(O)[C@H](OCC3O[C@H](OC)C(O)[C@@H](O)[C@@H]3O)OC(COC)[C@H]2O)C(=O)OCC)cc1. The summed E-state index contributed by atoms with van der Waals surface area (Å²) < 4.78 is 43.9. The van der Waals surface area contributed by atoms with E-state index >= 15 is 0 Å². The van der Waals surface area contributed by atoms with E-state index in [4.69, 9.17) is 37.9 Å². The normalized spacial score (nSPS) is 20.9. The third kappa shape index (κ3) is 48.3. The molecule has 0 spiro atoms. The van der Waals surface area contributed by atoms with Gasteiger partial charge in [-0.3, -0.25) is 24.0 Å². The number of methoxy groups -OCH3 is 2. The number of nitrogens with one attached hydrogen (secondary N) is 6. The first-order chi connectivity index (χ1) is 56.9. The van der Waals surface area contributed by atoms with E-state index in [1.54, 1.807) is 19.1 Å². The number of carbonyl (C=O) groups is 7. The highest BCUT2D eigenvalue weighted by atomic mass is 16.7. The van der Waals surface area contributed by atoms with Gasteiger partial charge in [-0.15, -0.1) is 0 Å². The van der Waals surface area contributed by atoms with Gasteiger partial charge in [-0.05, 0) is 159 Å². The lowest BCUT2D eigenvalue weighted by molar-refractivity contribution is -0.328. The Hall–Kier alpha value is -8.41. The topological polar surface area (TPSA) is 367 Å². The van der Waals surface area contributed by atoms with Gasteiger partial charge in [0, 0.05) is 53.0 Å². The van der Waals surface area contributed by atoms with Crippen LogP contribution < -0.4 is 36.6 Å². The zero-order valence-electron chi connectivity index (χ0n) is 70.3. The molecule has 654 valence electrons. The molecule has 0 bridgehead atoms. The van der Waals surface area contributed by atoms with E-state index in [0.29, 0.717) is 63.7 Å². The molecule has 6 amide bonds. The van der Waals surface area contributed by atoms with Crippen LogP contribution in [0.1, 0.15) is 207 Å². The van der Waals surface area contributed by atoms with Gasteiger partial charge in [-0.2, -0.15) is 0 Å². The Kier molecular flexibility index (Phi) is 59.3. The van der Waals surface area contributed by atoms with Gasteiger partial charge >= 0.3 is 12.1 Å². The van der Waals surface area contributed by atoms with Crippen LogP contribution in [0.15, 0.2) is 170 Å². The zero-order chi connectivity index (χ0) is 85.1. The molecule has 2 saturated heterocycles. The molecule has 0 aromatic heterocycles. The van der Waals surface area contributed by atoms with Crippen LogP contribution in [0, 0.1) is 0 Å². The number of hydrogen-bond donors (Lipinski definition) is 11. The summed E-state index contributed by atoms with van der Waals surface area (Å²) in [6.07, 6.45) is 52.5. The molecule has 117 heavy (non-hydrogen) atoms. The Balaban J connectivity index is 1.59.